The summed E-state index contributed by atoms with van der Waals surface area (Å²) in [5.74, 6) is 0.244. The molecule has 1 saturated heterocycles. The second kappa shape index (κ2) is 9.01. The van der Waals surface area contributed by atoms with Gasteiger partial charge >= 0.3 is 6.03 Å². The Balaban J connectivity index is 1.66. The van der Waals surface area contributed by atoms with Crippen LogP contribution in [0.15, 0.2) is 24.3 Å². The molecule has 1 aliphatic carbocycles. The van der Waals surface area contributed by atoms with Crippen LogP contribution in [-0.4, -0.2) is 34.8 Å². The summed E-state index contributed by atoms with van der Waals surface area (Å²) in [4.78, 5) is 39.6. The fraction of sp³-hybridized carbons (Fsp3) is 0.640. The quantitative estimate of drug-likeness (QED) is 0.597. The highest BCUT2D eigenvalue weighted by Crippen LogP contribution is 2.45. The summed E-state index contributed by atoms with van der Waals surface area (Å²) in [5, 5.41) is 5.83. The van der Waals surface area contributed by atoms with Crippen LogP contribution in [-0.2, 0) is 9.59 Å². The van der Waals surface area contributed by atoms with E-state index in [1.165, 1.54) is 0 Å². The molecule has 6 nitrogen and oxygen atoms in total. The molecule has 1 aliphatic heterocycles. The fourth-order valence-electron chi connectivity index (χ4n) is 4.93. The summed E-state index contributed by atoms with van der Waals surface area (Å²) >= 11 is 0. The zero-order valence-electron chi connectivity index (χ0n) is 19.6. The maximum atomic E-state index is 13.2. The topological polar surface area (TPSA) is 78.5 Å². The number of carbonyl (C=O) groups is 3. The number of rotatable bonds is 7. The SMILES string of the molecule is CCC(C)c1ccccc1NC(=O)CN1C(=O)NC2(CCC(C(C)(C)CC)CC2)C1=O. The molecule has 6 heteroatoms. The zero-order chi connectivity index (χ0) is 22.8. The lowest BCUT2D eigenvalue weighted by molar-refractivity contribution is -0.135. The second-order valence-corrected chi connectivity index (χ2v) is 9.96. The highest BCUT2D eigenvalue weighted by molar-refractivity contribution is 6.10. The predicted molar refractivity (Wildman–Crippen MR) is 123 cm³/mol. The monoisotopic (exact) mass is 427 g/mol. The minimum Gasteiger partial charge on any atom is -0.324 e. The van der Waals surface area contributed by atoms with E-state index < -0.39 is 11.6 Å². The van der Waals surface area contributed by atoms with Crippen LogP contribution in [0, 0.1) is 11.3 Å². The van der Waals surface area contributed by atoms with Crippen LogP contribution in [0.25, 0.3) is 0 Å². The molecule has 3 rings (SSSR count). The van der Waals surface area contributed by atoms with Gasteiger partial charge in [-0.25, -0.2) is 4.79 Å². The van der Waals surface area contributed by atoms with E-state index in [2.05, 4.69) is 45.3 Å². The summed E-state index contributed by atoms with van der Waals surface area (Å²) in [6.07, 6.45) is 5.15. The van der Waals surface area contributed by atoms with Gasteiger partial charge < -0.3 is 10.6 Å². The van der Waals surface area contributed by atoms with Crippen molar-refractivity contribution < 1.29 is 14.4 Å². The Bertz CT molecular complexity index is 840. The molecule has 0 radical (unpaired) electrons. The molecule has 1 unspecified atom stereocenters. The van der Waals surface area contributed by atoms with E-state index >= 15 is 0 Å². The third-order valence-electron chi connectivity index (χ3n) is 7.78. The van der Waals surface area contributed by atoms with E-state index in [1.807, 2.05) is 24.3 Å². The fourth-order valence-corrected chi connectivity index (χ4v) is 4.93. The highest BCUT2D eigenvalue weighted by atomic mass is 16.2. The van der Waals surface area contributed by atoms with E-state index in [0.29, 0.717) is 24.7 Å². The lowest BCUT2D eigenvalue weighted by atomic mass is 9.65. The van der Waals surface area contributed by atoms with Crippen LogP contribution >= 0.6 is 0 Å². The van der Waals surface area contributed by atoms with Gasteiger partial charge in [-0.05, 0) is 61.0 Å². The molecule has 2 N–H and O–H groups in total. The van der Waals surface area contributed by atoms with Gasteiger partial charge in [0.1, 0.15) is 12.1 Å². The van der Waals surface area contributed by atoms with Crippen molar-refractivity contribution in [2.45, 2.75) is 84.6 Å². The van der Waals surface area contributed by atoms with E-state index in [0.717, 1.165) is 41.8 Å². The van der Waals surface area contributed by atoms with Crippen molar-refractivity contribution in [2.24, 2.45) is 11.3 Å². The number of imide groups is 1. The first-order valence-electron chi connectivity index (χ1n) is 11.7. The molecular formula is C25H37N3O3. The Kier molecular flexibility index (Phi) is 6.77. The normalized spacial score (nSPS) is 24.9. The Hall–Kier alpha value is -2.37. The van der Waals surface area contributed by atoms with Crippen molar-refractivity contribution in [3.05, 3.63) is 29.8 Å². The van der Waals surface area contributed by atoms with Gasteiger partial charge in [-0.1, -0.05) is 59.2 Å². The van der Waals surface area contributed by atoms with E-state index in [1.54, 1.807) is 0 Å². The summed E-state index contributed by atoms with van der Waals surface area (Å²) in [6.45, 7) is 10.7. The number of benzene rings is 1. The maximum Gasteiger partial charge on any atom is 0.325 e. The zero-order valence-corrected chi connectivity index (χ0v) is 19.6. The first kappa shape index (κ1) is 23.3. The second-order valence-electron chi connectivity index (χ2n) is 9.96. The molecule has 1 heterocycles. The number of nitrogens with one attached hydrogen (secondary N) is 2. The minimum atomic E-state index is -0.841. The van der Waals surface area contributed by atoms with Crippen LogP contribution in [0.2, 0.25) is 0 Å². The molecule has 170 valence electrons. The van der Waals surface area contributed by atoms with Crippen LogP contribution in [0.3, 0.4) is 0 Å². The van der Waals surface area contributed by atoms with Crippen molar-refractivity contribution >= 4 is 23.5 Å². The van der Waals surface area contributed by atoms with Crippen LogP contribution < -0.4 is 10.6 Å². The highest BCUT2D eigenvalue weighted by Gasteiger charge is 2.53. The Morgan fingerprint density at radius 2 is 1.87 bits per heavy atom. The Labute approximate surface area is 186 Å². The molecule has 1 aromatic rings. The number of carbonyl (C=O) groups excluding carboxylic acids is 3. The van der Waals surface area contributed by atoms with Gasteiger partial charge in [0.05, 0.1) is 0 Å². The molecule has 2 aliphatic rings. The molecule has 0 bridgehead atoms. The molecule has 1 spiro atoms. The summed E-state index contributed by atoms with van der Waals surface area (Å²) < 4.78 is 0. The third-order valence-corrected chi connectivity index (χ3v) is 7.78. The van der Waals surface area contributed by atoms with Crippen LogP contribution in [0.4, 0.5) is 10.5 Å². The molecule has 4 amide bonds. The van der Waals surface area contributed by atoms with Gasteiger partial charge in [-0.15, -0.1) is 0 Å². The average Bonchev–Trinajstić information content (AvgIpc) is 2.97. The van der Waals surface area contributed by atoms with E-state index in [-0.39, 0.29) is 23.8 Å². The smallest absolute Gasteiger partial charge is 0.324 e. The van der Waals surface area contributed by atoms with Crippen LogP contribution in [0.1, 0.15) is 84.6 Å². The molecule has 1 atom stereocenters. The molecule has 2 fully saturated rings. The summed E-state index contributed by atoms with van der Waals surface area (Å²) in [7, 11) is 0. The number of anilines is 1. The minimum absolute atomic E-state index is 0.232. The van der Waals surface area contributed by atoms with Crippen molar-refractivity contribution in [3.8, 4) is 0 Å². The van der Waals surface area contributed by atoms with Gasteiger partial charge in [0, 0.05) is 5.69 Å². The van der Waals surface area contributed by atoms with Gasteiger partial charge in [-0.3, -0.25) is 14.5 Å². The summed E-state index contributed by atoms with van der Waals surface area (Å²) in [5.41, 5.74) is 1.19. The number of nitrogens with zero attached hydrogens (tertiary/aromatic N) is 1. The number of hydrogen-bond donors (Lipinski definition) is 2. The lowest BCUT2D eigenvalue weighted by Gasteiger charge is -2.42. The Morgan fingerprint density at radius 1 is 1.23 bits per heavy atom. The molecule has 0 aromatic heterocycles. The number of para-hydroxylation sites is 1. The van der Waals surface area contributed by atoms with Crippen molar-refractivity contribution in [2.75, 3.05) is 11.9 Å². The standard InChI is InChI=1S/C25H37N3O3/c1-6-17(3)19-10-8-9-11-20(19)26-21(29)16-28-22(30)25(27-23(28)31)14-12-18(13-15-25)24(4,5)7-2/h8-11,17-18H,6-7,12-16H2,1-5H3,(H,26,29)(H,27,31). The van der Waals surface area contributed by atoms with E-state index in [4.69, 9.17) is 0 Å². The largest absolute Gasteiger partial charge is 0.325 e. The van der Waals surface area contributed by atoms with Crippen molar-refractivity contribution in [1.29, 1.82) is 0 Å². The van der Waals surface area contributed by atoms with Gasteiger partial charge in [0.15, 0.2) is 0 Å². The first-order chi connectivity index (χ1) is 14.6. The summed E-state index contributed by atoms with van der Waals surface area (Å²) in [6, 6.07) is 7.24. The van der Waals surface area contributed by atoms with Crippen molar-refractivity contribution in [3.63, 3.8) is 0 Å². The third kappa shape index (κ3) is 4.63. The molecule has 1 saturated carbocycles. The van der Waals surface area contributed by atoms with Gasteiger partial charge in [0.2, 0.25) is 5.91 Å². The maximum absolute atomic E-state index is 13.2. The van der Waals surface area contributed by atoms with E-state index in [9.17, 15) is 14.4 Å². The molecule has 31 heavy (non-hydrogen) atoms. The van der Waals surface area contributed by atoms with Gasteiger partial charge in [0.25, 0.3) is 5.91 Å². The van der Waals surface area contributed by atoms with Gasteiger partial charge in [-0.2, -0.15) is 0 Å². The van der Waals surface area contributed by atoms with Crippen molar-refractivity contribution in [1.82, 2.24) is 10.2 Å². The van der Waals surface area contributed by atoms with Crippen LogP contribution in [0.5, 0.6) is 0 Å². The first-order valence-corrected chi connectivity index (χ1v) is 11.7. The Morgan fingerprint density at radius 3 is 2.48 bits per heavy atom. The molecule has 1 aromatic carbocycles. The lowest BCUT2D eigenvalue weighted by Crippen LogP contribution is -2.51. The predicted octanol–water partition coefficient (Wildman–Crippen LogP) is 5.06. The number of amides is 4. The average molecular weight is 428 g/mol. The molecular weight excluding hydrogens is 390 g/mol. The number of urea groups is 1. The number of hydrogen-bond acceptors (Lipinski definition) is 3.